The lowest BCUT2D eigenvalue weighted by molar-refractivity contribution is -0.151. The number of nitrogens with zero attached hydrogens (tertiary/aromatic N) is 1. The maximum absolute atomic E-state index is 12.2. The number of nitrogens with one attached hydrogen (secondary N) is 1. The molecule has 2 rings (SSSR count). The maximum atomic E-state index is 12.2. The normalized spacial score (nSPS) is 15.9. The van der Waals surface area contributed by atoms with E-state index < -0.39 is 11.4 Å². The van der Waals surface area contributed by atoms with Crippen LogP contribution in [-0.2, 0) is 20.9 Å². The molecule has 142 valence electrons. The zero-order valence-corrected chi connectivity index (χ0v) is 15.4. The molecule has 6 nitrogen and oxygen atoms in total. The highest BCUT2D eigenvalue weighted by atomic mass is 16.4. The van der Waals surface area contributed by atoms with Gasteiger partial charge in [0.2, 0.25) is 11.8 Å². The molecule has 0 atom stereocenters. The van der Waals surface area contributed by atoms with Crippen LogP contribution in [0.25, 0.3) is 0 Å². The summed E-state index contributed by atoms with van der Waals surface area (Å²) < 4.78 is 0. The van der Waals surface area contributed by atoms with Crippen molar-refractivity contribution in [1.29, 1.82) is 0 Å². The fraction of sp³-hybridized carbons (Fsp3) is 0.550. The lowest BCUT2D eigenvalue weighted by Gasteiger charge is -2.33. The minimum atomic E-state index is -0.835. The van der Waals surface area contributed by atoms with Crippen molar-refractivity contribution in [3.8, 4) is 0 Å². The van der Waals surface area contributed by atoms with Crippen molar-refractivity contribution in [1.82, 2.24) is 10.2 Å². The van der Waals surface area contributed by atoms with Crippen LogP contribution in [0.5, 0.6) is 0 Å². The predicted octanol–water partition coefficient (Wildman–Crippen LogP) is 2.58. The standard InChI is InChI=1S/C20H28N2O4/c1-16(23)22(14-17-8-4-2-5-9-17)13-10-18(24)21-15-20(19(25)26)11-6-3-7-12-20/h2,4-5,8-9H,3,6-7,10-15H2,1H3,(H,21,24)(H,25,26). The molecule has 0 saturated heterocycles. The Morgan fingerprint density at radius 1 is 1.12 bits per heavy atom. The molecule has 0 unspecified atom stereocenters. The first-order valence-electron chi connectivity index (χ1n) is 9.22. The molecule has 1 saturated carbocycles. The van der Waals surface area contributed by atoms with Crippen molar-refractivity contribution in [2.24, 2.45) is 5.41 Å². The monoisotopic (exact) mass is 360 g/mol. The van der Waals surface area contributed by atoms with Gasteiger partial charge in [0.1, 0.15) is 0 Å². The highest BCUT2D eigenvalue weighted by Gasteiger charge is 2.39. The molecule has 0 heterocycles. The van der Waals surface area contributed by atoms with Gasteiger partial charge in [0.05, 0.1) is 5.41 Å². The Morgan fingerprint density at radius 2 is 1.77 bits per heavy atom. The van der Waals surface area contributed by atoms with Crippen molar-refractivity contribution in [2.45, 2.75) is 52.0 Å². The van der Waals surface area contributed by atoms with E-state index in [0.29, 0.717) is 25.9 Å². The van der Waals surface area contributed by atoms with Crippen LogP contribution < -0.4 is 5.32 Å². The second kappa shape index (κ2) is 9.36. The minimum absolute atomic E-state index is 0.0871. The Bertz CT molecular complexity index is 624. The quantitative estimate of drug-likeness (QED) is 0.746. The molecule has 1 aromatic carbocycles. The molecular formula is C20H28N2O4. The Balaban J connectivity index is 1.84. The molecular weight excluding hydrogens is 332 g/mol. The topological polar surface area (TPSA) is 86.7 Å². The molecule has 0 spiro atoms. The van der Waals surface area contributed by atoms with Gasteiger partial charge in [-0.1, -0.05) is 49.6 Å². The van der Waals surface area contributed by atoms with Gasteiger partial charge in [-0.2, -0.15) is 0 Å². The van der Waals surface area contributed by atoms with Crippen LogP contribution in [-0.4, -0.2) is 40.9 Å². The first kappa shape index (κ1) is 19.9. The van der Waals surface area contributed by atoms with Crippen LogP contribution >= 0.6 is 0 Å². The SMILES string of the molecule is CC(=O)N(CCC(=O)NCC1(C(=O)O)CCCCC1)Cc1ccccc1. The van der Waals surface area contributed by atoms with E-state index in [4.69, 9.17) is 0 Å². The van der Waals surface area contributed by atoms with E-state index in [0.717, 1.165) is 24.8 Å². The minimum Gasteiger partial charge on any atom is -0.481 e. The summed E-state index contributed by atoms with van der Waals surface area (Å²) in [6, 6.07) is 9.62. The fourth-order valence-electron chi connectivity index (χ4n) is 3.44. The molecule has 2 amide bonds. The molecule has 1 aromatic rings. The molecule has 1 aliphatic rings. The largest absolute Gasteiger partial charge is 0.481 e. The first-order valence-corrected chi connectivity index (χ1v) is 9.22. The third-order valence-corrected chi connectivity index (χ3v) is 5.16. The van der Waals surface area contributed by atoms with E-state index in [-0.39, 0.29) is 24.8 Å². The lowest BCUT2D eigenvalue weighted by atomic mass is 9.74. The summed E-state index contributed by atoms with van der Waals surface area (Å²) in [5.41, 5.74) is 0.174. The van der Waals surface area contributed by atoms with Crippen LogP contribution in [0, 0.1) is 5.41 Å². The van der Waals surface area contributed by atoms with Gasteiger partial charge in [-0.3, -0.25) is 14.4 Å². The van der Waals surface area contributed by atoms with Crippen molar-refractivity contribution < 1.29 is 19.5 Å². The van der Waals surface area contributed by atoms with Crippen molar-refractivity contribution in [3.63, 3.8) is 0 Å². The number of aliphatic carboxylic acids is 1. The predicted molar refractivity (Wildman–Crippen MR) is 98.3 cm³/mol. The number of carboxylic acid groups (broad SMARTS) is 1. The van der Waals surface area contributed by atoms with Gasteiger partial charge < -0.3 is 15.3 Å². The summed E-state index contributed by atoms with van der Waals surface area (Å²) in [5.74, 6) is -1.13. The second-order valence-corrected chi connectivity index (χ2v) is 7.10. The van der Waals surface area contributed by atoms with Crippen LogP contribution in [0.2, 0.25) is 0 Å². The molecule has 0 bridgehead atoms. The van der Waals surface area contributed by atoms with Crippen molar-refractivity contribution >= 4 is 17.8 Å². The number of carbonyl (C=O) groups excluding carboxylic acids is 2. The van der Waals surface area contributed by atoms with E-state index in [9.17, 15) is 19.5 Å². The number of benzene rings is 1. The van der Waals surface area contributed by atoms with Crippen LogP contribution in [0.4, 0.5) is 0 Å². The van der Waals surface area contributed by atoms with E-state index in [1.165, 1.54) is 6.92 Å². The van der Waals surface area contributed by atoms with Gasteiger partial charge in [0, 0.05) is 33.0 Å². The third-order valence-electron chi connectivity index (χ3n) is 5.16. The Hall–Kier alpha value is -2.37. The fourth-order valence-corrected chi connectivity index (χ4v) is 3.44. The van der Waals surface area contributed by atoms with E-state index in [1.54, 1.807) is 4.90 Å². The second-order valence-electron chi connectivity index (χ2n) is 7.10. The summed E-state index contributed by atoms with van der Waals surface area (Å²) in [6.07, 6.45) is 4.21. The zero-order chi connectivity index (χ0) is 19.0. The number of rotatable bonds is 8. The first-order chi connectivity index (χ1) is 12.4. The summed E-state index contributed by atoms with van der Waals surface area (Å²) in [6.45, 7) is 2.43. The third kappa shape index (κ3) is 5.58. The molecule has 6 heteroatoms. The molecule has 0 aromatic heterocycles. The van der Waals surface area contributed by atoms with Gasteiger partial charge in [0.25, 0.3) is 0 Å². The Morgan fingerprint density at radius 3 is 2.35 bits per heavy atom. The van der Waals surface area contributed by atoms with Crippen LogP contribution in [0.3, 0.4) is 0 Å². The molecule has 26 heavy (non-hydrogen) atoms. The number of carbonyl (C=O) groups is 3. The van der Waals surface area contributed by atoms with Gasteiger partial charge in [0.15, 0.2) is 0 Å². The lowest BCUT2D eigenvalue weighted by Crippen LogP contribution is -2.45. The van der Waals surface area contributed by atoms with Crippen LogP contribution in [0.1, 0.15) is 51.0 Å². The number of amides is 2. The molecule has 0 aliphatic heterocycles. The van der Waals surface area contributed by atoms with Crippen LogP contribution in [0.15, 0.2) is 30.3 Å². The highest BCUT2D eigenvalue weighted by Crippen LogP contribution is 2.36. The summed E-state index contributed by atoms with van der Waals surface area (Å²) >= 11 is 0. The molecule has 2 N–H and O–H groups in total. The van der Waals surface area contributed by atoms with E-state index in [2.05, 4.69) is 5.32 Å². The summed E-state index contributed by atoms with van der Waals surface area (Å²) in [7, 11) is 0. The van der Waals surface area contributed by atoms with Gasteiger partial charge in [-0.05, 0) is 18.4 Å². The smallest absolute Gasteiger partial charge is 0.311 e. The van der Waals surface area contributed by atoms with Gasteiger partial charge in [-0.25, -0.2) is 0 Å². The highest BCUT2D eigenvalue weighted by molar-refractivity contribution is 5.80. The number of hydrogen-bond acceptors (Lipinski definition) is 3. The van der Waals surface area contributed by atoms with Gasteiger partial charge in [-0.15, -0.1) is 0 Å². The summed E-state index contributed by atoms with van der Waals surface area (Å²) in [4.78, 5) is 37.3. The van der Waals surface area contributed by atoms with Gasteiger partial charge >= 0.3 is 5.97 Å². The Kier molecular flexibility index (Phi) is 7.18. The molecule has 0 radical (unpaired) electrons. The zero-order valence-electron chi connectivity index (χ0n) is 15.4. The average Bonchev–Trinajstić information content (AvgIpc) is 2.64. The van der Waals surface area contributed by atoms with E-state index >= 15 is 0 Å². The number of hydrogen-bond donors (Lipinski definition) is 2. The van der Waals surface area contributed by atoms with Crippen molar-refractivity contribution in [3.05, 3.63) is 35.9 Å². The summed E-state index contributed by atoms with van der Waals surface area (Å²) in [5, 5.41) is 12.3. The average molecular weight is 360 g/mol. The molecule has 1 fully saturated rings. The molecule has 1 aliphatic carbocycles. The maximum Gasteiger partial charge on any atom is 0.311 e. The Labute approximate surface area is 154 Å². The number of carboxylic acids is 1. The van der Waals surface area contributed by atoms with E-state index in [1.807, 2.05) is 30.3 Å². The van der Waals surface area contributed by atoms with Crippen molar-refractivity contribution in [2.75, 3.05) is 13.1 Å².